The van der Waals surface area contributed by atoms with Gasteiger partial charge in [0.2, 0.25) is 0 Å². The summed E-state index contributed by atoms with van der Waals surface area (Å²) >= 11 is 0. The summed E-state index contributed by atoms with van der Waals surface area (Å²) in [6.07, 6.45) is 1.15. The van der Waals surface area contributed by atoms with E-state index in [1.807, 2.05) is 0 Å². The van der Waals surface area contributed by atoms with E-state index in [9.17, 15) is 0 Å². The second-order valence-electron chi connectivity index (χ2n) is 5.50. The first-order valence-corrected chi connectivity index (χ1v) is 9.14. The summed E-state index contributed by atoms with van der Waals surface area (Å²) < 4.78 is 0. The minimum absolute atomic E-state index is 0. The van der Waals surface area contributed by atoms with Crippen LogP contribution in [-0.4, -0.2) is 33.6 Å². The van der Waals surface area contributed by atoms with Crippen LogP contribution < -0.4 is 5.19 Å². The Labute approximate surface area is 107 Å². The van der Waals surface area contributed by atoms with Gasteiger partial charge in [-0.15, -0.1) is 12.4 Å². The van der Waals surface area contributed by atoms with Crippen LogP contribution >= 0.6 is 12.4 Å². The standard InChI is InChI=1S/C13H23NSi.ClH/c1-14(2)11-10-12-6-8-13(9-7-12)15(3,4)5;/h6-9H,10-11H2,1-5H3;1H. The van der Waals surface area contributed by atoms with E-state index in [0.717, 1.165) is 13.0 Å². The zero-order valence-electron chi connectivity index (χ0n) is 11.1. The Bertz CT molecular complexity index is 301. The number of hydrogen-bond acceptors (Lipinski definition) is 1. The van der Waals surface area contributed by atoms with Crippen molar-refractivity contribution in [3.63, 3.8) is 0 Å². The van der Waals surface area contributed by atoms with Gasteiger partial charge in [-0.05, 0) is 26.1 Å². The lowest BCUT2D eigenvalue weighted by atomic mass is 10.1. The largest absolute Gasteiger partial charge is 0.309 e. The lowest BCUT2D eigenvalue weighted by Gasteiger charge is -2.17. The molecule has 1 nitrogen and oxygen atoms in total. The van der Waals surface area contributed by atoms with Gasteiger partial charge in [0.05, 0.1) is 8.07 Å². The van der Waals surface area contributed by atoms with E-state index in [4.69, 9.17) is 0 Å². The first-order valence-electron chi connectivity index (χ1n) is 5.64. The third kappa shape index (κ3) is 5.15. The second kappa shape index (κ2) is 6.43. The van der Waals surface area contributed by atoms with Gasteiger partial charge in [-0.3, -0.25) is 0 Å². The summed E-state index contributed by atoms with van der Waals surface area (Å²) in [5.74, 6) is 0. The molecular formula is C13H24ClNSi. The average molecular weight is 258 g/mol. The topological polar surface area (TPSA) is 3.24 Å². The number of nitrogens with zero attached hydrogens (tertiary/aromatic N) is 1. The Morgan fingerprint density at radius 1 is 1.00 bits per heavy atom. The molecule has 0 heterocycles. The van der Waals surface area contributed by atoms with Gasteiger partial charge in [-0.2, -0.15) is 0 Å². The van der Waals surface area contributed by atoms with Crippen molar-refractivity contribution in [2.45, 2.75) is 26.1 Å². The van der Waals surface area contributed by atoms with Gasteiger partial charge in [0, 0.05) is 6.54 Å². The maximum atomic E-state index is 2.39. The lowest BCUT2D eigenvalue weighted by Crippen LogP contribution is -2.37. The lowest BCUT2D eigenvalue weighted by molar-refractivity contribution is 0.413. The van der Waals surface area contributed by atoms with Gasteiger partial charge in [0.25, 0.3) is 0 Å². The zero-order valence-corrected chi connectivity index (χ0v) is 12.9. The Kier molecular flexibility index (Phi) is 6.30. The predicted molar refractivity (Wildman–Crippen MR) is 78.9 cm³/mol. The highest BCUT2D eigenvalue weighted by atomic mass is 35.5. The first-order chi connectivity index (χ1) is 6.89. The van der Waals surface area contributed by atoms with Crippen LogP contribution in [0.4, 0.5) is 0 Å². The minimum Gasteiger partial charge on any atom is -0.309 e. The van der Waals surface area contributed by atoms with Crippen LogP contribution in [0.25, 0.3) is 0 Å². The molecule has 0 fully saturated rings. The third-order valence-corrected chi connectivity index (χ3v) is 4.73. The molecular weight excluding hydrogens is 234 g/mol. The summed E-state index contributed by atoms with van der Waals surface area (Å²) in [7, 11) is 3.13. The zero-order chi connectivity index (χ0) is 11.5. The SMILES string of the molecule is CN(C)CCc1ccc([Si](C)(C)C)cc1.Cl. The molecule has 0 unspecified atom stereocenters. The molecule has 0 radical (unpaired) electrons. The molecule has 0 atom stereocenters. The van der Waals surface area contributed by atoms with Crippen molar-refractivity contribution in [3.05, 3.63) is 29.8 Å². The molecule has 0 spiro atoms. The van der Waals surface area contributed by atoms with Crippen LogP contribution in [0.1, 0.15) is 5.56 Å². The normalized spacial score (nSPS) is 11.4. The number of hydrogen-bond donors (Lipinski definition) is 0. The van der Waals surface area contributed by atoms with Gasteiger partial charge < -0.3 is 4.90 Å². The van der Waals surface area contributed by atoms with E-state index in [2.05, 4.69) is 62.9 Å². The van der Waals surface area contributed by atoms with Crippen LogP contribution in [0.15, 0.2) is 24.3 Å². The third-order valence-electron chi connectivity index (χ3n) is 2.67. The average Bonchev–Trinajstić information content (AvgIpc) is 2.14. The summed E-state index contributed by atoms with van der Waals surface area (Å²) in [6.45, 7) is 8.30. The fraction of sp³-hybridized carbons (Fsp3) is 0.538. The number of benzene rings is 1. The van der Waals surface area contributed by atoms with E-state index in [0.29, 0.717) is 0 Å². The van der Waals surface area contributed by atoms with Gasteiger partial charge in [-0.1, -0.05) is 49.1 Å². The Balaban J connectivity index is 0.00000225. The van der Waals surface area contributed by atoms with Crippen molar-refractivity contribution < 1.29 is 0 Å². The van der Waals surface area contributed by atoms with Gasteiger partial charge in [-0.25, -0.2) is 0 Å². The predicted octanol–water partition coefficient (Wildman–Crippen LogP) is 2.76. The molecule has 1 aromatic rings. The molecule has 0 saturated heterocycles. The van der Waals surface area contributed by atoms with Crippen molar-refractivity contribution in [2.24, 2.45) is 0 Å². The van der Waals surface area contributed by atoms with Gasteiger partial charge in [0.15, 0.2) is 0 Å². The molecule has 92 valence electrons. The van der Waals surface area contributed by atoms with E-state index < -0.39 is 8.07 Å². The second-order valence-corrected chi connectivity index (χ2v) is 10.6. The van der Waals surface area contributed by atoms with E-state index in [1.165, 1.54) is 5.56 Å². The van der Waals surface area contributed by atoms with E-state index in [1.54, 1.807) is 5.19 Å². The monoisotopic (exact) mass is 257 g/mol. The Hall–Kier alpha value is -0.313. The van der Waals surface area contributed by atoms with Crippen LogP contribution in [0.3, 0.4) is 0 Å². The van der Waals surface area contributed by atoms with Crippen molar-refractivity contribution in [1.29, 1.82) is 0 Å². The maximum Gasteiger partial charge on any atom is 0.0775 e. The van der Waals surface area contributed by atoms with Crippen molar-refractivity contribution in [2.75, 3.05) is 20.6 Å². The smallest absolute Gasteiger partial charge is 0.0775 e. The van der Waals surface area contributed by atoms with Gasteiger partial charge >= 0.3 is 0 Å². The highest BCUT2D eigenvalue weighted by Gasteiger charge is 2.15. The summed E-state index contributed by atoms with van der Waals surface area (Å²) in [6, 6.07) is 9.21. The molecule has 0 aliphatic carbocycles. The molecule has 0 aliphatic rings. The molecule has 1 rings (SSSR count). The highest BCUT2D eigenvalue weighted by Crippen LogP contribution is 2.05. The maximum absolute atomic E-state index is 2.39. The van der Waals surface area contributed by atoms with Crippen LogP contribution in [0.2, 0.25) is 19.6 Å². The summed E-state index contributed by atoms with van der Waals surface area (Å²) in [4.78, 5) is 2.23. The van der Waals surface area contributed by atoms with Crippen LogP contribution in [-0.2, 0) is 6.42 Å². The molecule has 0 amide bonds. The molecule has 0 saturated carbocycles. The fourth-order valence-electron chi connectivity index (χ4n) is 1.52. The molecule has 0 aromatic heterocycles. The quantitative estimate of drug-likeness (QED) is 0.750. The number of rotatable bonds is 4. The molecule has 1 aromatic carbocycles. The highest BCUT2D eigenvalue weighted by molar-refractivity contribution is 6.88. The van der Waals surface area contributed by atoms with Crippen LogP contribution in [0.5, 0.6) is 0 Å². The Morgan fingerprint density at radius 3 is 1.88 bits per heavy atom. The van der Waals surface area contributed by atoms with Crippen LogP contribution in [0, 0.1) is 0 Å². The van der Waals surface area contributed by atoms with Gasteiger partial charge in [0.1, 0.15) is 0 Å². The molecule has 3 heteroatoms. The number of likely N-dealkylation sites (N-methyl/N-ethyl adjacent to an activating group) is 1. The van der Waals surface area contributed by atoms with Crippen molar-refractivity contribution >= 4 is 25.7 Å². The molecule has 16 heavy (non-hydrogen) atoms. The van der Waals surface area contributed by atoms with E-state index in [-0.39, 0.29) is 12.4 Å². The molecule has 0 N–H and O–H groups in total. The summed E-state index contributed by atoms with van der Waals surface area (Å²) in [5.41, 5.74) is 1.45. The minimum atomic E-state index is -1.11. The first kappa shape index (κ1) is 15.7. The summed E-state index contributed by atoms with van der Waals surface area (Å²) in [5, 5.41) is 1.55. The molecule has 0 bridgehead atoms. The fourth-order valence-corrected chi connectivity index (χ4v) is 2.69. The van der Waals surface area contributed by atoms with Crippen molar-refractivity contribution in [3.8, 4) is 0 Å². The van der Waals surface area contributed by atoms with E-state index >= 15 is 0 Å². The number of halogens is 1. The molecule has 0 aliphatic heterocycles. The Morgan fingerprint density at radius 2 is 1.50 bits per heavy atom. The van der Waals surface area contributed by atoms with Crippen molar-refractivity contribution in [1.82, 2.24) is 4.90 Å².